The van der Waals surface area contributed by atoms with Gasteiger partial charge >= 0.3 is 39.9 Å². The molecule has 0 fully saturated rings. The van der Waals surface area contributed by atoms with Crippen LogP contribution >= 0.6 is 0 Å². The average molecular weight is 350 g/mol. The van der Waals surface area contributed by atoms with E-state index < -0.39 is 11.9 Å². The van der Waals surface area contributed by atoms with Crippen LogP contribution in [0.2, 0.25) is 0 Å². The first-order valence-electron chi connectivity index (χ1n) is 1.82. The molecule has 0 aliphatic carbocycles. The maximum absolute atomic E-state index is 8.89. The summed E-state index contributed by atoms with van der Waals surface area (Å²) in [7, 11) is 0. The van der Waals surface area contributed by atoms with Crippen LogP contribution in [0.25, 0.3) is 0 Å². The third-order valence-corrected chi connectivity index (χ3v) is 0. The van der Waals surface area contributed by atoms with Gasteiger partial charge in [0.2, 0.25) is 0 Å². The summed E-state index contributed by atoms with van der Waals surface area (Å²) in [6.45, 7) is 1.94. The Hall–Kier alpha value is 0.265. The summed E-state index contributed by atoms with van der Waals surface area (Å²) in [5.74, 6) is -2.17. The van der Waals surface area contributed by atoms with Crippen molar-refractivity contribution in [3.63, 3.8) is 0 Å². The zero-order chi connectivity index (χ0) is 7.15. The molecule has 0 rings (SSSR count). The summed E-state index contributed by atoms with van der Waals surface area (Å²) in [5.41, 5.74) is 0. The number of hydrogen-bond donors (Lipinski definition) is 0. The van der Waals surface area contributed by atoms with Gasteiger partial charge in [0.25, 0.3) is 0 Å². The van der Waals surface area contributed by atoms with Crippen molar-refractivity contribution in [2.24, 2.45) is 0 Å². The van der Waals surface area contributed by atoms with Crippen molar-refractivity contribution in [2.75, 3.05) is 0 Å². The fourth-order valence-electron chi connectivity index (χ4n) is 0. The molecular formula is C4H6O4Th. The Balaban J connectivity index is -0.0000000720. The predicted octanol–water partition coefficient (Wildman–Crippen LogP) is -2.49. The molecule has 0 aliphatic rings. The molecule has 0 saturated heterocycles. The molecular weight excluding hydrogens is 344 g/mol. The van der Waals surface area contributed by atoms with Crippen LogP contribution in [0.4, 0.5) is 0 Å². The molecule has 0 unspecified atom stereocenters. The van der Waals surface area contributed by atoms with Gasteiger partial charge in [0, 0.05) is 11.9 Å². The molecule has 0 N–H and O–H groups in total. The van der Waals surface area contributed by atoms with E-state index in [0.29, 0.717) is 0 Å². The Kier molecular flexibility index (Phi) is 19.9. The van der Waals surface area contributed by atoms with E-state index in [1.807, 2.05) is 0 Å². The molecule has 0 aromatic carbocycles. The molecule has 0 amide bonds. The molecule has 50 valence electrons. The Morgan fingerprint density at radius 3 is 1.00 bits per heavy atom. The number of carbonyl (C=O) groups is 2. The molecule has 0 spiro atoms. The van der Waals surface area contributed by atoms with Gasteiger partial charge in [-0.1, -0.05) is 0 Å². The molecule has 0 aromatic heterocycles. The van der Waals surface area contributed by atoms with Gasteiger partial charge in [0.15, 0.2) is 0 Å². The normalized spacial score (nSPS) is 5.56. The summed E-state index contributed by atoms with van der Waals surface area (Å²) in [6.07, 6.45) is 0. The van der Waals surface area contributed by atoms with Gasteiger partial charge in [0.1, 0.15) is 0 Å². The zero-order valence-corrected chi connectivity index (χ0v) is 9.24. The summed E-state index contributed by atoms with van der Waals surface area (Å²) >= 11 is 0. The quantitative estimate of drug-likeness (QED) is 0.484. The van der Waals surface area contributed by atoms with E-state index in [2.05, 4.69) is 0 Å². The maximum Gasteiger partial charge on any atom is 2.00 e. The van der Waals surface area contributed by atoms with Gasteiger partial charge < -0.3 is 19.8 Å². The van der Waals surface area contributed by atoms with E-state index in [1.54, 1.807) is 0 Å². The Labute approximate surface area is 84.9 Å². The largest absolute Gasteiger partial charge is 2.00 e. The maximum atomic E-state index is 8.89. The fourth-order valence-corrected chi connectivity index (χ4v) is 0. The van der Waals surface area contributed by atoms with Crippen LogP contribution in [-0.4, -0.2) is 11.9 Å². The van der Waals surface area contributed by atoms with E-state index in [0.717, 1.165) is 13.8 Å². The SMILES string of the molecule is CC(=O)[O-].CC(=O)[O-].[Th+2]. The first-order chi connectivity index (χ1) is 3.46. The predicted molar refractivity (Wildman–Crippen MR) is 21.4 cm³/mol. The van der Waals surface area contributed by atoms with Crippen molar-refractivity contribution in [3.8, 4) is 0 Å². The van der Waals surface area contributed by atoms with Gasteiger partial charge in [-0.25, -0.2) is 0 Å². The van der Waals surface area contributed by atoms with E-state index in [9.17, 15) is 0 Å². The number of rotatable bonds is 0. The molecule has 9 heavy (non-hydrogen) atoms. The number of hydrogen-bond acceptors (Lipinski definition) is 4. The monoisotopic (exact) mass is 350 g/mol. The Morgan fingerprint density at radius 1 is 1.00 bits per heavy atom. The third kappa shape index (κ3) is 4630. The molecule has 5 heteroatoms. The van der Waals surface area contributed by atoms with Crippen LogP contribution in [0, 0.1) is 39.9 Å². The molecule has 0 atom stereocenters. The van der Waals surface area contributed by atoms with Gasteiger partial charge in [-0.05, 0) is 13.8 Å². The minimum Gasteiger partial charge on any atom is -0.550 e. The van der Waals surface area contributed by atoms with Gasteiger partial charge in [-0.2, -0.15) is 0 Å². The second kappa shape index (κ2) is 11.1. The van der Waals surface area contributed by atoms with Crippen LogP contribution in [0.3, 0.4) is 0 Å². The number of aliphatic carboxylic acids is 2. The molecule has 0 aromatic rings. The van der Waals surface area contributed by atoms with Gasteiger partial charge in [-0.15, -0.1) is 0 Å². The molecule has 0 aliphatic heterocycles. The fraction of sp³-hybridized carbons (Fsp3) is 0.500. The number of carboxylic acid groups (broad SMARTS) is 2. The first-order valence-corrected chi connectivity index (χ1v) is 1.82. The molecule has 0 heterocycles. The van der Waals surface area contributed by atoms with Crippen LogP contribution in [0.5, 0.6) is 0 Å². The molecule has 0 bridgehead atoms. The minimum atomic E-state index is -1.08. The average Bonchev–Trinajstić information content (AvgIpc) is 1.25. The van der Waals surface area contributed by atoms with Gasteiger partial charge in [-0.3, -0.25) is 0 Å². The smallest absolute Gasteiger partial charge is 0.550 e. The Bertz CT molecular complexity index is 70.6. The molecule has 0 saturated carbocycles. The number of carbonyl (C=O) groups excluding carboxylic acids is 2. The van der Waals surface area contributed by atoms with E-state index in [-0.39, 0.29) is 39.9 Å². The van der Waals surface area contributed by atoms with Crippen LogP contribution < -0.4 is 10.2 Å². The molecule has 0 radical (unpaired) electrons. The topological polar surface area (TPSA) is 80.3 Å². The van der Waals surface area contributed by atoms with Crippen molar-refractivity contribution >= 4 is 11.9 Å². The van der Waals surface area contributed by atoms with Crippen LogP contribution in [0.15, 0.2) is 0 Å². The summed E-state index contributed by atoms with van der Waals surface area (Å²) in [4.78, 5) is 17.8. The van der Waals surface area contributed by atoms with Crippen molar-refractivity contribution in [3.05, 3.63) is 0 Å². The van der Waals surface area contributed by atoms with Crippen molar-refractivity contribution in [1.29, 1.82) is 0 Å². The Morgan fingerprint density at radius 2 is 1.00 bits per heavy atom. The van der Waals surface area contributed by atoms with E-state index in [4.69, 9.17) is 19.8 Å². The van der Waals surface area contributed by atoms with E-state index >= 15 is 0 Å². The summed E-state index contributed by atoms with van der Waals surface area (Å²) < 4.78 is 0. The second-order valence-corrected chi connectivity index (χ2v) is 0.983. The van der Waals surface area contributed by atoms with Crippen molar-refractivity contribution in [2.45, 2.75) is 13.8 Å². The van der Waals surface area contributed by atoms with Crippen LogP contribution in [0.1, 0.15) is 13.8 Å². The zero-order valence-electron chi connectivity index (χ0n) is 5.13. The standard InChI is InChI=1S/2C2H4O2.Th/c2*1-2(3)4;/h2*1H3,(H,3,4);/q;;+2/p-2. The minimum absolute atomic E-state index is 0. The molecule has 4 nitrogen and oxygen atoms in total. The number of carboxylic acids is 2. The summed E-state index contributed by atoms with van der Waals surface area (Å²) in [5, 5.41) is 17.8. The van der Waals surface area contributed by atoms with Crippen LogP contribution in [-0.2, 0) is 9.59 Å². The third-order valence-electron chi connectivity index (χ3n) is 0. The summed E-state index contributed by atoms with van der Waals surface area (Å²) in [6, 6.07) is 0. The van der Waals surface area contributed by atoms with Crippen molar-refractivity contribution < 1.29 is 59.7 Å². The van der Waals surface area contributed by atoms with Crippen molar-refractivity contribution in [1.82, 2.24) is 0 Å². The first kappa shape index (κ1) is 16.1. The van der Waals surface area contributed by atoms with Gasteiger partial charge in [0.05, 0.1) is 0 Å². The second-order valence-electron chi connectivity index (χ2n) is 0.983. The van der Waals surface area contributed by atoms with E-state index in [1.165, 1.54) is 0 Å².